The molecule has 1 unspecified atom stereocenters. The lowest BCUT2D eigenvalue weighted by Crippen LogP contribution is -2.49. The molecule has 2 amide bonds. The molecule has 33 heavy (non-hydrogen) atoms. The average Bonchev–Trinajstić information content (AvgIpc) is 2.78. The minimum Gasteiger partial charge on any atom is -0.352 e. The van der Waals surface area contributed by atoms with E-state index in [0.717, 1.165) is 0 Å². The summed E-state index contributed by atoms with van der Waals surface area (Å²) in [7, 11) is -2.20. The Hall–Kier alpha value is -2.78. The van der Waals surface area contributed by atoms with E-state index in [4.69, 9.17) is 0 Å². The van der Waals surface area contributed by atoms with Crippen LogP contribution in [-0.2, 0) is 26.2 Å². The van der Waals surface area contributed by atoms with Crippen LogP contribution in [0.5, 0.6) is 0 Å². The van der Waals surface area contributed by atoms with Gasteiger partial charge in [-0.05, 0) is 45.4 Å². The first-order chi connectivity index (χ1) is 15.5. The van der Waals surface area contributed by atoms with Crippen LogP contribution >= 0.6 is 0 Å². The van der Waals surface area contributed by atoms with Crippen molar-refractivity contribution in [3.05, 3.63) is 66.0 Å². The summed E-state index contributed by atoms with van der Waals surface area (Å²) in [6.07, 6.45) is 0.274. The van der Waals surface area contributed by atoms with Crippen molar-refractivity contribution < 1.29 is 22.4 Å². The summed E-state index contributed by atoms with van der Waals surface area (Å²) < 4.78 is 40.7. The number of halogens is 1. The molecule has 0 spiro atoms. The Morgan fingerprint density at radius 1 is 1.00 bits per heavy atom. The fourth-order valence-corrected chi connectivity index (χ4v) is 4.52. The van der Waals surface area contributed by atoms with Crippen LogP contribution in [-0.4, -0.2) is 55.1 Å². The maximum atomic E-state index is 14.2. The van der Waals surface area contributed by atoms with Gasteiger partial charge in [0.25, 0.3) is 0 Å². The molecule has 0 radical (unpaired) electrons. The molecule has 7 nitrogen and oxygen atoms in total. The largest absolute Gasteiger partial charge is 0.352 e. The minimum atomic E-state index is -3.66. The van der Waals surface area contributed by atoms with Gasteiger partial charge in [-0.3, -0.25) is 9.59 Å². The van der Waals surface area contributed by atoms with Gasteiger partial charge in [-0.2, -0.15) is 0 Å². The zero-order valence-electron chi connectivity index (χ0n) is 19.5. The van der Waals surface area contributed by atoms with Crippen LogP contribution < -0.4 is 5.32 Å². The second-order valence-corrected chi connectivity index (χ2v) is 10.2. The zero-order chi connectivity index (χ0) is 24.6. The van der Waals surface area contributed by atoms with Crippen LogP contribution in [0.3, 0.4) is 0 Å². The molecule has 0 heterocycles. The summed E-state index contributed by atoms with van der Waals surface area (Å²) in [5, 5.41) is 2.78. The maximum Gasteiger partial charge on any atom is 0.242 e. The highest BCUT2D eigenvalue weighted by Crippen LogP contribution is 2.17. The van der Waals surface area contributed by atoms with Gasteiger partial charge in [-0.15, -0.1) is 0 Å². The molecule has 0 saturated carbocycles. The first kappa shape index (κ1) is 26.5. The minimum absolute atomic E-state index is 0.0163. The molecule has 2 aromatic carbocycles. The van der Waals surface area contributed by atoms with Gasteiger partial charge in [0, 0.05) is 38.2 Å². The zero-order valence-corrected chi connectivity index (χ0v) is 20.3. The second-order valence-electron chi connectivity index (χ2n) is 8.20. The van der Waals surface area contributed by atoms with E-state index in [1.54, 1.807) is 43.3 Å². The fourth-order valence-electron chi connectivity index (χ4n) is 3.29. The van der Waals surface area contributed by atoms with Crippen LogP contribution in [0.2, 0.25) is 0 Å². The predicted molar refractivity (Wildman–Crippen MR) is 125 cm³/mol. The Balaban J connectivity index is 2.09. The molecular weight excluding hydrogens is 445 g/mol. The monoisotopic (exact) mass is 477 g/mol. The Kier molecular flexibility index (Phi) is 9.55. The van der Waals surface area contributed by atoms with E-state index in [0.29, 0.717) is 5.56 Å². The Morgan fingerprint density at radius 2 is 1.61 bits per heavy atom. The van der Waals surface area contributed by atoms with Gasteiger partial charge in [-0.1, -0.05) is 36.4 Å². The summed E-state index contributed by atoms with van der Waals surface area (Å²) in [5.41, 5.74) is 0.304. The molecule has 0 aliphatic carbocycles. The standard InChI is InChI=1S/C24H32FN3O4S/c1-18(2)26-24(30)19(3)28(17-20-11-8-9-14-22(20)25)23(29)15-10-16-27(4)33(31,32)21-12-6-5-7-13-21/h5-9,11-14,18-19H,10,15-17H2,1-4H3,(H,26,30). The third-order valence-corrected chi connectivity index (χ3v) is 7.08. The van der Waals surface area contributed by atoms with Gasteiger partial charge < -0.3 is 10.2 Å². The van der Waals surface area contributed by atoms with Crippen molar-refractivity contribution in [1.29, 1.82) is 0 Å². The number of hydrogen-bond donors (Lipinski definition) is 1. The lowest BCUT2D eigenvalue weighted by atomic mass is 10.1. The van der Waals surface area contributed by atoms with Crippen LogP contribution in [0.25, 0.3) is 0 Å². The number of amides is 2. The van der Waals surface area contributed by atoms with Gasteiger partial charge >= 0.3 is 0 Å². The number of carbonyl (C=O) groups is 2. The molecule has 0 fully saturated rings. The molecule has 0 bridgehead atoms. The number of benzene rings is 2. The van der Waals surface area contributed by atoms with Gasteiger partial charge in [0.1, 0.15) is 11.9 Å². The Labute approximate surface area is 195 Å². The van der Waals surface area contributed by atoms with Crippen molar-refractivity contribution in [3.8, 4) is 0 Å². The van der Waals surface area contributed by atoms with E-state index in [1.807, 2.05) is 13.8 Å². The Morgan fingerprint density at radius 3 is 2.21 bits per heavy atom. The van der Waals surface area contributed by atoms with Crippen LogP contribution in [0.15, 0.2) is 59.5 Å². The molecule has 2 aromatic rings. The van der Waals surface area contributed by atoms with E-state index in [-0.39, 0.29) is 48.7 Å². The van der Waals surface area contributed by atoms with E-state index < -0.39 is 21.9 Å². The highest BCUT2D eigenvalue weighted by atomic mass is 32.2. The number of hydrogen-bond acceptors (Lipinski definition) is 4. The number of nitrogens with one attached hydrogen (secondary N) is 1. The molecule has 180 valence electrons. The summed E-state index contributed by atoms with van der Waals surface area (Å²) in [4.78, 5) is 27.1. The number of sulfonamides is 1. The molecule has 9 heteroatoms. The van der Waals surface area contributed by atoms with Crippen LogP contribution in [0, 0.1) is 5.82 Å². The molecule has 0 aromatic heterocycles. The highest BCUT2D eigenvalue weighted by molar-refractivity contribution is 7.89. The van der Waals surface area contributed by atoms with Crippen molar-refractivity contribution in [3.63, 3.8) is 0 Å². The number of rotatable bonds is 11. The normalized spacial score (nSPS) is 12.6. The molecule has 0 saturated heterocycles. The lowest BCUT2D eigenvalue weighted by molar-refractivity contribution is -0.141. The Bertz CT molecular complexity index is 1040. The molecular formula is C24H32FN3O4S. The molecule has 1 N–H and O–H groups in total. The second kappa shape index (κ2) is 11.9. The first-order valence-corrected chi connectivity index (χ1v) is 12.3. The van der Waals surface area contributed by atoms with Crippen molar-refractivity contribution in [1.82, 2.24) is 14.5 Å². The highest BCUT2D eigenvalue weighted by Gasteiger charge is 2.27. The lowest BCUT2D eigenvalue weighted by Gasteiger charge is -2.29. The summed E-state index contributed by atoms with van der Waals surface area (Å²) >= 11 is 0. The van der Waals surface area contributed by atoms with Crippen molar-refractivity contribution in [2.45, 2.75) is 57.1 Å². The van der Waals surface area contributed by atoms with Gasteiger partial charge in [-0.25, -0.2) is 17.1 Å². The quantitative estimate of drug-likeness (QED) is 0.539. The van der Waals surface area contributed by atoms with Gasteiger partial charge in [0.2, 0.25) is 21.8 Å². The van der Waals surface area contributed by atoms with Crippen molar-refractivity contribution in [2.24, 2.45) is 0 Å². The van der Waals surface area contributed by atoms with Gasteiger partial charge in [0.15, 0.2) is 0 Å². The van der Waals surface area contributed by atoms with Crippen LogP contribution in [0.1, 0.15) is 39.2 Å². The third-order valence-electron chi connectivity index (χ3n) is 5.21. The fraction of sp³-hybridized carbons (Fsp3) is 0.417. The van der Waals surface area contributed by atoms with E-state index in [9.17, 15) is 22.4 Å². The van der Waals surface area contributed by atoms with Gasteiger partial charge in [0.05, 0.1) is 4.90 Å². The molecule has 2 rings (SSSR count). The van der Waals surface area contributed by atoms with Crippen molar-refractivity contribution >= 4 is 21.8 Å². The topological polar surface area (TPSA) is 86.8 Å². The number of nitrogens with zero attached hydrogens (tertiary/aromatic N) is 2. The first-order valence-electron chi connectivity index (χ1n) is 10.9. The SMILES string of the molecule is CC(C)NC(=O)C(C)N(Cc1ccccc1F)C(=O)CCCN(C)S(=O)(=O)c1ccccc1. The summed E-state index contributed by atoms with van der Waals surface area (Å²) in [6, 6.07) is 13.2. The average molecular weight is 478 g/mol. The third kappa shape index (κ3) is 7.36. The van der Waals surface area contributed by atoms with E-state index in [2.05, 4.69) is 5.32 Å². The van der Waals surface area contributed by atoms with E-state index >= 15 is 0 Å². The van der Waals surface area contributed by atoms with E-state index in [1.165, 1.54) is 34.5 Å². The maximum absolute atomic E-state index is 14.2. The smallest absolute Gasteiger partial charge is 0.242 e. The summed E-state index contributed by atoms with van der Waals surface area (Å²) in [6.45, 7) is 5.30. The molecule has 1 atom stereocenters. The summed E-state index contributed by atoms with van der Waals surface area (Å²) in [5.74, 6) is -1.14. The predicted octanol–water partition coefficient (Wildman–Crippen LogP) is 3.17. The number of carbonyl (C=O) groups excluding carboxylic acids is 2. The molecule has 0 aliphatic rings. The molecule has 0 aliphatic heterocycles. The van der Waals surface area contributed by atoms with Crippen molar-refractivity contribution in [2.75, 3.05) is 13.6 Å². The van der Waals surface area contributed by atoms with Crippen LogP contribution in [0.4, 0.5) is 4.39 Å².